The molecule has 0 atom stereocenters. The van der Waals surface area contributed by atoms with E-state index in [2.05, 4.69) is 32.6 Å². The average Bonchev–Trinajstić information content (AvgIpc) is 2.28. The van der Waals surface area contributed by atoms with Gasteiger partial charge in [-0.05, 0) is 12.3 Å². The van der Waals surface area contributed by atoms with Crippen molar-refractivity contribution in [1.29, 1.82) is 0 Å². The summed E-state index contributed by atoms with van der Waals surface area (Å²) >= 11 is 0. The van der Waals surface area contributed by atoms with E-state index in [0.29, 0.717) is 5.92 Å². The first-order chi connectivity index (χ1) is 8.36. The number of carbonyl (C=O) groups excluding carboxylic acids is 1. The van der Waals surface area contributed by atoms with Crippen LogP contribution >= 0.6 is 0 Å². The Morgan fingerprint density at radius 2 is 1.78 bits per heavy atom. The van der Waals surface area contributed by atoms with E-state index >= 15 is 0 Å². The Labute approximate surface area is 111 Å². The van der Waals surface area contributed by atoms with Gasteiger partial charge in [0, 0.05) is 38.1 Å². The van der Waals surface area contributed by atoms with Gasteiger partial charge in [-0.1, -0.05) is 27.7 Å². The zero-order valence-electron chi connectivity index (χ0n) is 12.3. The predicted octanol–water partition coefficient (Wildman–Crippen LogP) is 1.20. The van der Waals surface area contributed by atoms with Gasteiger partial charge in [-0.3, -0.25) is 9.69 Å². The van der Waals surface area contributed by atoms with Crippen LogP contribution in [0.5, 0.6) is 0 Å². The highest BCUT2D eigenvalue weighted by Gasteiger charge is 2.33. The molecule has 0 aromatic rings. The Morgan fingerprint density at radius 3 is 2.22 bits per heavy atom. The number of hydrogen-bond acceptors (Lipinski definition) is 3. The van der Waals surface area contributed by atoms with Crippen molar-refractivity contribution >= 4 is 5.91 Å². The molecule has 1 amide bonds. The number of β-amino-alcohol motifs (C(OH)–C–C–N with tert-alkyl or cyclic N) is 1. The fourth-order valence-corrected chi connectivity index (χ4v) is 2.85. The van der Waals surface area contributed by atoms with Crippen LogP contribution < -0.4 is 0 Å². The van der Waals surface area contributed by atoms with Crippen LogP contribution in [0.25, 0.3) is 0 Å². The van der Waals surface area contributed by atoms with Crippen molar-refractivity contribution in [2.75, 3.05) is 39.3 Å². The van der Waals surface area contributed by atoms with Crippen molar-refractivity contribution in [1.82, 2.24) is 9.80 Å². The lowest BCUT2D eigenvalue weighted by molar-refractivity contribution is -0.143. The summed E-state index contributed by atoms with van der Waals surface area (Å²) in [5.41, 5.74) is -0.257. The Kier molecular flexibility index (Phi) is 5.60. The van der Waals surface area contributed by atoms with E-state index in [1.54, 1.807) is 0 Å². The van der Waals surface area contributed by atoms with E-state index in [1.807, 2.05) is 4.90 Å². The largest absolute Gasteiger partial charge is 0.395 e. The molecule has 1 aliphatic rings. The molecule has 0 aliphatic carbocycles. The van der Waals surface area contributed by atoms with Gasteiger partial charge < -0.3 is 10.0 Å². The second kappa shape index (κ2) is 6.53. The van der Waals surface area contributed by atoms with Gasteiger partial charge in [0.05, 0.1) is 6.61 Å². The van der Waals surface area contributed by atoms with E-state index in [-0.39, 0.29) is 17.9 Å². The summed E-state index contributed by atoms with van der Waals surface area (Å²) in [6, 6.07) is 0. The summed E-state index contributed by atoms with van der Waals surface area (Å²) in [5.74, 6) is 0.819. The van der Waals surface area contributed by atoms with Crippen LogP contribution in [0.2, 0.25) is 0 Å². The maximum absolute atomic E-state index is 12.5. The third-order valence-electron chi connectivity index (χ3n) is 3.57. The molecule has 1 aliphatic heterocycles. The minimum absolute atomic E-state index is 0.201. The third kappa shape index (κ3) is 4.25. The SMILES string of the molecule is CC(C)CC(C)(C)C(=O)N1CCN(CCO)CC1. The molecule has 1 heterocycles. The quantitative estimate of drug-likeness (QED) is 0.804. The van der Waals surface area contributed by atoms with Gasteiger partial charge in [0.15, 0.2) is 0 Å². The van der Waals surface area contributed by atoms with Crippen LogP contribution in [0.15, 0.2) is 0 Å². The molecular weight excluding hydrogens is 228 g/mol. The van der Waals surface area contributed by atoms with Crippen LogP contribution in [0.1, 0.15) is 34.1 Å². The Bertz CT molecular complexity index is 269. The van der Waals surface area contributed by atoms with Gasteiger partial charge in [0.1, 0.15) is 0 Å². The number of rotatable bonds is 5. The molecule has 0 saturated carbocycles. The summed E-state index contributed by atoms with van der Waals surface area (Å²) in [7, 11) is 0. The van der Waals surface area contributed by atoms with Crippen molar-refractivity contribution < 1.29 is 9.90 Å². The molecular formula is C14H28N2O2. The van der Waals surface area contributed by atoms with Gasteiger partial charge in [-0.15, -0.1) is 0 Å². The standard InChI is InChI=1S/C14H28N2O2/c1-12(2)11-14(3,4)13(18)16-7-5-15(6-8-16)9-10-17/h12,17H,5-11H2,1-4H3. The van der Waals surface area contributed by atoms with Crippen LogP contribution in [0.4, 0.5) is 0 Å². The molecule has 1 rings (SSSR count). The topological polar surface area (TPSA) is 43.8 Å². The van der Waals surface area contributed by atoms with E-state index in [0.717, 1.165) is 39.1 Å². The smallest absolute Gasteiger partial charge is 0.228 e. The van der Waals surface area contributed by atoms with E-state index in [9.17, 15) is 4.79 Å². The monoisotopic (exact) mass is 256 g/mol. The van der Waals surface area contributed by atoms with Gasteiger partial charge in [-0.25, -0.2) is 0 Å². The molecule has 1 N–H and O–H groups in total. The molecule has 1 fully saturated rings. The minimum atomic E-state index is -0.257. The number of nitrogens with zero attached hydrogens (tertiary/aromatic N) is 2. The molecule has 0 aromatic heterocycles. The second-order valence-electron chi connectivity index (χ2n) is 6.34. The summed E-state index contributed by atoms with van der Waals surface area (Å²) in [6.45, 7) is 12.7. The van der Waals surface area contributed by atoms with Crippen molar-refractivity contribution in [3.05, 3.63) is 0 Å². The number of aliphatic hydroxyl groups is 1. The third-order valence-corrected chi connectivity index (χ3v) is 3.57. The van der Waals surface area contributed by atoms with Crippen LogP contribution in [0, 0.1) is 11.3 Å². The number of piperazine rings is 1. The number of aliphatic hydroxyl groups excluding tert-OH is 1. The fourth-order valence-electron chi connectivity index (χ4n) is 2.85. The highest BCUT2D eigenvalue weighted by molar-refractivity contribution is 5.82. The molecule has 4 nitrogen and oxygen atoms in total. The maximum Gasteiger partial charge on any atom is 0.228 e. The molecule has 4 heteroatoms. The molecule has 0 aromatic carbocycles. The number of hydrogen-bond donors (Lipinski definition) is 1. The summed E-state index contributed by atoms with van der Waals surface area (Å²) < 4.78 is 0. The molecule has 0 bridgehead atoms. The zero-order valence-corrected chi connectivity index (χ0v) is 12.3. The second-order valence-corrected chi connectivity index (χ2v) is 6.34. The van der Waals surface area contributed by atoms with Gasteiger partial charge >= 0.3 is 0 Å². The van der Waals surface area contributed by atoms with Crippen molar-refractivity contribution in [2.45, 2.75) is 34.1 Å². The lowest BCUT2D eigenvalue weighted by atomic mass is 9.82. The van der Waals surface area contributed by atoms with Crippen LogP contribution in [0.3, 0.4) is 0 Å². The van der Waals surface area contributed by atoms with Gasteiger partial charge in [-0.2, -0.15) is 0 Å². The van der Waals surface area contributed by atoms with Crippen molar-refractivity contribution in [3.63, 3.8) is 0 Å². The first kappa shape index (κ1) is 15.4. The Morgan fingerprint density at radius 1 is 1.22 bits per heavy atom. The van der Waals surface area contributed by atoms with Gasteiger partial charge in [0.2, 0.25) is 5.91 Å². The van der Waals surface area contributed by atoms with E-state index in [4.69, 9.17) is 5.11 Å². The number of carbonyl (C=O) groups is 1. The fraction of sp³-hybridized carbons (Fsp3) is 0.929. The van der Waals surface area contributed by atoms with Crippen molar-refractivity contribution in [3.8, 4) is 0 Å². The van der Waals surface area contributed by atoms with Crippen molar-refractivity contribution in [2.24, 2.45) is 11.3 Å². The average molecular weight is 256 g/mol. The first-order valence-electron chi connectivity index (χ1n) is 6.99. The zero-order chi connectivity index (χ0) is 13.8. The van der Waals surface area contributed by atoms with Crippen LogP contribution in [-0.2, 0) is 4.79 Å². The Balaban J connectivity index is 2.49. The Hall–Kier alpha value is -0.610. The summed E-state index contributed by atoms with van der Waals surface area (Å²) in [6.07, 6.45) is 0.933. The van der Waals surface area contributed by atoms with E-state index in [1.165, 1.54) is 0 Å². The maximum atomic E-state index is 12.5. The summed E-state index contributed by atoms with van der Waals surface area (Å²) in [5, 5.41) is 8.90. The first-order valence-corrected chi connectivity index (χ1v) is 6.99. The lowest BCUT2D eigenvalue weighted by Crippen LogP contribution is -2.52. The lowest BCUT2D eigenvalue weighted by Gasteiger charge is -2.39. The molecule has 0 unspecified atom stereocenters. The normalized spacial score (nSPS) is 18.4. The molecule has 0 radical (unpaired) electrons. The highest BCUT2D eigenvalue weighted by atomic mass is 16.3. The molecule has 0 spiro atoms. The highest BCUT2D eigenvalue weighted by Crippen LogP contribution is 2.28. The number of amides is 1. The van der Waals surface area contributed by atoms with Crippen LogP contribution in [-0.4, -0.2) is 60.1 Å². The van der Waals surface area contributed by atoms with Gasteiger partial charge in [0.25, 0.3) is 0 Å². The van der Waals surface area contributed by atoms with E-state index < -0.39 is 0 Å². The minimum Gasteiger partial charge on any atom is -0.395 e. The predicted molar refractivity (Wildman–Crippen MR) is 73.3 cm³/mol. The summed E-state index contributed by atoms with van der Waals surface area (Å²) in [4.78, 5) is 16.7. The molecule has 1 saturated heterocycles. The molecule has 106 valence electrons. The molecule has 18 heavy (non-hydrogen) atoms.